The molecule has 0 aliphatic carbocycles. The zero-order valence-corrected chi connectivity index (χ0v) is 15.9. The maximum Gasteiger partial charge on any atom is 0.387 e. The second kappa shape index (κ2) is 8.84. The Balaban J connectivity index is 1.87. The van der Waals surface area contributed by atoms with Crippen LogP contribution in [0.2, 0.25) is 0 Å². The molecule has 0 unspecified atom stereocenters. The lowest BCUT2D eigenvalue weighted by atomic mass is 10.1. The minimum Gasteiger partial charge on any atom is -0.490 e. The highest BCUT2D eigenvalue weighted by atomic mass is 35.5. The van der Waals surface area contributed by atoms with Crippen LogP contribution in [0, 0.1) is 6.92 Å². The first-order valence-electron chi connectivity index (χ1n) is 8.47. The predicted molar refractivity (Wildman–Crippen MR) is 102 cm³/mol. The number of hydrogen-bond donors (Lipinski definition) is 0. The lowest BCUT2D eigenvalue weighted by Gasteiger charge is -2.11. The van der Waals surface area contributed by atoms with E-state index >= 15 is 0 Å². The van der Waals surface area contributed by atoms with E-state index in [9.17, 15) is 8.78 Å². The van der Waals surface area contributed by atoms with Crippen LogP contribution in [0.3, 0.4) is 0 Å². The van der Waals surface area contributed by atoms with Gasteiger partial charge in [0.2, 0.25) is 5.82 Å². The van der Waals surface area contributed by atoms with Crippen LogP contribution in [0.4, 0.5) is 8.78 Å². The summed E-state index contributed by atoms with van der Waals surface area (Å²) in [5, 5.41) is 4.17. The maximum atomic E-state index is 12.5. The number of rotatable bonds is 7. The molecule has 5 nitrogen and oxygen atoms in total. The zero-order valence-electron chi connectivity index (χ0n) is 15.2. The van der Waals surface area contributed by atoms with Crippen LogP contribution in [-0.4, -0.2) is 23.4 Å². The molecule has 0 saturated heterocycles. The molecule has 3 rings (SSSR count). The summed E-state index contributed by atoms with van der Waals surface area (Å²) in [5.41, 5.74) is 2.45. The first-order chi connectivity index (χ1) is 13.5. The third-order valence-electron chi connectivity index (χ3n) is 3.79. The van der Waals surface area contributed by atoms with Crippen molar-refractivity contribution in [3.05, 3.63) is 59.5 Å². The van der Waals surface area contributed by atoms with Crippen molar-refractivity contribution in [2.45, 2.75) is 20.5 Å². The van der Waals surface area contributed by atoms with Gasteiger partial charge in [0.05, 0.1) is 6.61 Å². The lowest BCUT2D eigenvalue weighted by Crippen LogP contribution is -2.04. The molecule has 0 fully saturated rings. The second-order valence-electron chi connectivity index (χ2n) is 5.75. The summed E-state index contributed by atoms with van der Waals surface area (Å²) in [7, 11) is 0. The Morgan fingerprint density at radius 3 is 2.71 bits per heavy atom. The van der Waals surface area contributed by atoms with Crippen molar-refractivity contribution in [3.63, 3.8) is 0 Å². The van der Waals surface area contributed by atoms with Crippen molar-refractivity contribution in [2.24, 2.45) is 0 Å². The fourth-order valence-electron chi connectivity index (χ4n) is 2.54. The molecule has 0 aliphatic rings. The highest BCUT2D eigenvalue weighted by molar-refractivity contribution is 6.50. The number of halogens is 3. The number of aromatic nitrogens is 2. The Morgan fingerprint density at radius 2 is 2.00 bits per heavy atom. The van der Waals surface area contributed by atoms with Crippen molar-refractivity contribution >= 4 is 22.7 Å². The Morgan fingerprint density at radius 1 is 1.21 bits per heavy atom. The molecule has 0 aliphatic heterocycles. The van der Waals surface area contributed by atoms with E-state index in [1.807, 2.05) is 31.2 Å². The molecule has 0 bridgehead atoms. The van der Waals surface area contributed by atoms with Gasteiger partial charge in [-0.1, -0.05) is 47.1 Å². The number of ether oxygens (including phenoxy) is 2. The molecular weight excluding hydrogens is 390 g/mol. The lowest BCUT2D eigenvalue weighted by molar-refractivity contribution is -0.0514. The highest BCUT2D eigenvalue weighted by Gasteiger charge is 2.14. The van der Waals surface area contributed by atoms with Crippen molar-refractivity contribution in [1.29, 1.82) is 0 Å². The van der Waals surface area contributed by atoms with Gasteiger partial charge in [-0.2, -0.15) is 13.8 Å². The molecule has 146 valence electrons. The van der Waals surface area contributed by atoms with E-state index in [1.165, 1.54) is 6.07 Å². The van der Waals surface area contributed by atoms with Gasteiger partial charge in [0, 0.05) is 5.56 Å². The molecule has 0 radical (unpaired) electrons. The maximum absolute atomic E-state index is 12.5. The Labute approximate surface area is 165 Å². The molecule has 3 aromatic rings. The van der Waals surface area contributed by atoms with Gasteiger partial charge in [0.25, 0.3) is 5.89 Å². The first kappa shape index (κ1) is 19.8. The Bertz CT molecular complexity index is 989. The molecule has 1 heterocycles. The van der Waals surface area contributed by atoms with E-state index in [-0.39, 0.29) is 22.4 Å². The van der Waals surface area contributed by atoms with Crippen LogP contribution < -0.4 is 9.47 Å². The van der Waals surface area contributed by atoms with Crippen LogP contribution in [0.15, 0.2) is 47.0 Å². The number of benzene rings is 2. The van der Waals surface area contributed by atoms with Crippen molar-refractivity contribution in [1.82, 2.24) is 10.1 Å². The van der Waals surface area contributed by atoms with Crippen molar-refractivity contribution in [2.75, 3.05) is 6.61 Å². The number of alkyl halides is 2. The van der Waals surface area contributed by atoms with Gasteiger partial charge in [0.1, 0.15) is 5.03 Å². The predicted octanol–water partition coefficient (Wildman–Crippen LogP) is 5.78. The number of aryl methyl sites for hydroxylation is 1. The summed E-state index contributed by atoms with van der Waals surface area (Å²) >= 11 is 6.31. The monoisotopic (exact) mass is 406 g/mol. The third-order valence-corrected chi connectivity index (χ3v) is 4.06. The molecule has 0 N–H and O–H groups in total. The van der Waals surface area contributed by atoms with Gasteiger partial charge in [-0.3, -0.25) is 0 Å². The van der Waals surface area contributed by atoms with Gasteiger partial charge in [-0.15, -0.1) is 0 Å². The molecule has 1 aromatic heterocycles. The van der Waals surface area contributed by atoms with Crippen molar-refractivity contribution < 1.29 is 22.8 Å². The Hall–Kier alpha value is -2.93. The molecular formula is C20H17ClF2N2O3. The topological polar surface area (TPSA) is 57.4 Å². The Kier molecular flexibility index (Phi) is 6.26. The molecule has 0 amide bonds. The van der Waals surface area contributed by atoms with Gasteiger partial charge in [0.15, 0.2) is 11.5 Å². The average molecular weight is 407 g/mol. The summed E-state index contributed by atoms with van der Waals surface area (Å²) in [6.07, 6.45) is 1.57. The quantitative estimate of drug-likeness (QED) is 0.497. The molecule has 28 heavy (non-hydrogen) atoms. The van der Waals surface area contributed by atoms with Gasteiger partial charge in [-0.25, -0.2) is 0 Å². The molecule has 0 atom stereocenters. The number of nitrogens with zero attached hydrogens (tertiary/aromatic N) is 2. The fraction of sp³-hybridized carbons (Fsp3) is 0.200. The van der Waals surface area contributed by atoms with Gasteiger partial charge >= 0.3 is 6.61 Å². The molecule has 0 saturated carbocycles. The third kappa shape index (κ3) is 4.67. The summed E-state index contributed by atoms with van der Waals surface area (Å²) in [6.45, 7) is 1.04. The minimum atomic E-state index is -2.94. The van der Waals surface area contributed by atoms with Crippen LogP contribution in [0.1, 0.15) is 23.9 Å². The molecule has 2 aromatic carbocycles. The van der Waals surface area contributed by atoms with Crippen LogP contribution in [0.25, 0.3) is 22.5 Å². The van der Waals surface area contributed by atoms with Crippen LogP contribution >= 0.6 is 11.6 Å². The van der Waals surface area contributed by atoms with E-state index in [4.69, 9.17) is 20.9 Å². The smallest absolute Gasteiger partial charge is 0.387 e. The first-order valence-corrected chi connectivity index (χ1v) is 8.84. The van der Waals surface area contributed by atoms with E-state index in [0.717, 1.165) is 11.1 Å². The van der Waals surface area contributed by atoms with E-state index < -0.39 is 6.61 Å². The SMILES string of the molecule is CCOc1cc(/C=C(\Cl)c2nc(-c3ccccc3C)no2)ccc1OC(F)F. The van der Waals surface area contributed by atoms with Gasteiger partial charge in [-0.05, 0) is 43.2 Å². The highest BCUT2D eigenvalue weighted by Crippen LogP contribution is 2.32. The standard InChI is InChI=1S/C20H17ClF2N2O3/c1-3-26-17-11-13(8-9-16(17)27-20(22)23)10-15(21)19-24-18(25-28-19)14-7-5-4-6-12(14)2/h4-11,20H,3H2,1-2H3/b15-10-. The van der Waals surface area contributed by atoms with E-state index in [0.29, 0.717) is 18.0 Å². The fourth-order valence-corrected chi connectivity index (χ4v) is 2.74. The minimum absolute atomic E-state index is 0.0512. The summed E-state index contributed by atoms with van der Waals surface area (Å²) in [5.74, 6) is 0.707. The second-order valence-corrected chi connectivity index (χ2v) is 6.16. The van der Waals surface area contributed by atoms with Gasteiger partial charge < -0.3 is 14.0 Å². The van der Waals surface area contributed by atoms with Crippen LogP contribution in [-0.2, 0) is 0 Å². The summed E-state index contributed by atoms with van der Waals surface area (Å²) in [4.78, 5) is 4.32. The molecule has 8 heteroatoms. The number of hydrogen-bond acceptors (Lipinski definition) is 5. The van der Waals surface area contributed by atoms with E-state index in [1.54, 1.807) is 25.1 Å². The van der Waals surface area contributed by atoms with Crippen molar-refractivity contribution in [3.8, 4) is 22.9 Å². The summed E-state index contributed by atoms with van der Waals surface area (Å²) < 4.78 is 40.1. The molecule has 0 spiro atoms. The largest absolute Gasteiger partial charge is 0.490 e. The summed E-state index contributed by atoms with van der Waals surface area (Å²) in [6, 6.07) is 12.1. The normalized spacial score (nSPS) is 11.7. The van der Waals surface area contributed by atoms with E-state index in [2.05, 4.69) is 14.9 Å². The average Bonchev–Trinajstić information content (AvgIpc) is 3.14. The van der Waals surface area contributed by atoms with Crippen LogP contribution in [0.5, 0.6) is 11.5 Å². The zero-order chi connectivity index (χ0) is 20.1.